The van der Waals surface area contributed by atoms with Crippen LogP contribution in [0.15, 0.2) is 60.7 Å². The van der Waals surface area contributed by atoms with Crippen molar-refractivity contribution in [3.63, 3.8) is 0 Å². The standard InChI is InChI=1S/C13H9.C5H5.2CH3O.CH2.Ti/c1-3-7-12-10(5-1)9-11-6-2-4-8-13(11)12;1-2-4-5-3-1;2*1-2;;/h1-5,7-8H,9H2;1-3H,4H2;2*1H3;1H2;/q4*-1;;+2. The molecule has 4 rings (SSSR count). The Hall–Kier alpha value is -1.58. The van der Waals surface area contributed by atoms with Gasteiger partial charge in [0.15, 0.2) is 0 Å². The second-order valence-electron chi connectivity index (χ2n) is 4.40. The van der Waals surface area contributed by atoms with Gasteiger partial charge in [-0.3, -0.25) is 6.08 Å². The summed E-state index contributed by atoms with van der Waals surface area (Å²) in [6.07, 6.45) is 11.0. The van der Waals surface area contributed by atoms with Gasteiger partial charge < -0.3 is 10.2 Å². The predicted octanol–water partition coefficient (Wildman–Crippen LogP) is 2.28. The molecule has 0 aliphatic heterocycles. The Kier molecular flexibility index (Phi) is 14.0. The number of hydrogen-bond donors (Lipinski definition) is 0. The summed E-state index contributed by atoms with van der Waals surface area (Å²) in [4.78, 5) is 3.25. The summed E-state index contributed by atoms with van der Waals surface area (Å²) >= 11 is 1.75. The molecule has 0 spiro atoms. The van der Waals surface area contributed by atoms with Gasteiger partial charge >= 0.3 is 24.8 Å². The summed E-state index contributed by atoms with van der Waals surface area (Å²) in [6, 6.07) is 18.1. The van der Waals surface area contributed by atoms with Gasteiger partial charge in [0.25, 0.3) is 0 Å². The maximum Gasteiger partial charge on any atom is -0.0253 e. The van der Waals surface area contributed by atoms with E-state index in [1.54, 1.807) is 20.0 Å². The largest absolute Gasteiger partial charge is 0.179 e. The van der Waals surface area contributed by atoms with Gasteiger partial charge in [-0.2, -0.15) is 50.1 Å². The topological polar surface area (TPSA) is 46.1 Å². The Morgan fingerprint density at radius 3 is 2.21 bits per heavy atom. The third kappa shape index (κ3) is 6.90. The summed E-state index contributed by atoms with van der Waals surface area (Å²) in [5.74, 6) is 0. The summed E-state index contributed by atoms with van der Waals surface area (Å²) in [6.45, 7) is 0. The third-order valence-electron chi connectivity index (χ3n) is 3.20. The summed E-state index contributed by atoms with van der Waals surface area (Å²) in [5.41, 5.74) is 5.51. The fourth-order valence-corrected chi connectivity index (χ4v) is 2.34. The molecule has 0 saturated carbocycles. The minimum atomic E-state index is 0.750. The smallest absolute Gasteiger partial charge is 0.0253 e. The normalized spacial score (nSPS) is 11.1. The number of hydrogen-bond acceptors (Lipinski definition) is 2. The van der Waals surface area contributed by atoms with Crippen LogP contribution in [0.5, 0.6) is 0 Å². The van der Waals surface area contributed by atoms with Crippen LogP contribution >= 0.6 is 0 Å². The van der Waals surface area contributed by atoms with Crippen molar-refractivity contribution in [1.82, 2.24) is 0 Å². The first-order valence-corrected chi connectivity index (χ1v) is 8.52. The Morgan fingerprint density at radius 1 is 0.958 bits per heavy atom. The second kappa shape index (κ2) is 15.0. The Balaban J connectivity index is 0.000000406. The molecule has 0 saturated heterocycles. The summed E-state index contributed by atoms with van der Waals surface area (Å²) < 4.78 is 0. The zero-order valence-electron chi connectivity index (χ0n) is 14.2. The van der Waals surface area contributed by atoms with E-state index in [9.17, 15) is 0 Å². The van der Waals surface area contributed by atoms with Crippen molar-refractivity contribution in [2.45, 2.75) is 12.8 Å². The van der Waals surface area contributed by atoms with Crippen LogP contribution in [0.25, 0.3) is 11.1 Å². The van der Waals surface area contributed by atoms with Crippen molar-refractivity contribution in [2.24, 2.45) is 0 Å². The van der Waals surface area contributed by atoms with Crippen molar-refractivity contribution in [3.05, 3.63) is 84.0 Å². The number of allylic oxidation sites excluding steroid dienone is 4. The quantitative estimate of drug-likeness (QED) is 0.459. The maximum absolute atomic E-state index is 8.25. The average molecular weight is 354 g/mol. The minimum Gasteiger partial charge on any atom is -0.179 e. The molecule has 0 atom stereocenters. The van der Waals surface area contributed by atoms with Gasteiger partial charge in [0.05, 0.1) is 0 Å². The zero-order valence-corrected chi connectivity index (χ0v) is 15.8. The van der Waals surface area contributed by atoms with Gasteiger partial charge in [0.2, 0.25) is 0 Å². The molecule has 0 amide bonds. The van der Waals surface area contributed by atoms with Crippen molar-refractivity contribution in [1.29, 1.82) is 0 Å². The van der Waals surface area contributed by atoms with Crippen molar-refractivity contribution in [2.75, 3.05) is 14.2 Å². The van der Waals surface area contributed by atoms with Crippen LogP contribution in [-0.4, -0.2) is 19.0 Å². The molecular formula is C21H22O2Ti-2. The molecule has 3 heteroatoms. The first-order chi connectivity index (χ1) is 11.9. The van der Waals surface area contributed by atoms with Gasteiger partial charge in [-0.1, -0.05) is 35.4 Å². The van der Waals surface area contributed by atoms with E-state index >= 15 is 0 Å². The Bertz CT molecular complexity index is 580. The van der Waals surface area contributed by atoms with E-state index in [1.165, 1.54) is 22.3 Å². The molecule has 0 radical (unpaired) electrons. The van der Waals surface area contributed by atoms with Crippen LogP contribution in [0.2, 0.25) is 0 Å². The van der Waals surface area contributed by atoms with Crippen LogP contribution in [0.1, 0.15) is 17.5 Å². The van der Waals surface area contributed by atoms with Gasteiger partial charge in [0.1, 0.15) is 0 Å². The van der Waals surface area contributed by atoms with E-state index in [4.69, 9.17) is 10.2 Å². The number of benzene rings is 2. The molecule has 0 unspecified atom stereocenters. The first kappa shape index (κ1) is 22.4. The second-order valence-corrected chi connectivity index (χ2v) is 4.40. The van der Waals surface area contributed by atoms with Crippen LogP contribution in [0, 0.1) is 12.1 Å². The molecule has 24 heavy (non-hydrogen) atoms. The Morgan fingerprint density at radius 2 is 1.62 bits per heavy atom. The maximum atomic E-state index is 8.25. The van der Waals surface area contributed by atoms with Gasteiger partial charge in [-0.05, 0) is 6.42 Å². The van der Waals surface area contributed by atoms with Crippen molar-refractivity contribution in [3.8, 4) is 11.1 Å². The Labute approximate surface area is 157 Å². The molecule has 2 nitrogen and oxygen atoms in total. The van der Waals surface area contributed by atoms with Crippen molar-refractivity contribution < 1.29 is 30.2 Å². The molecule has 0 aromatic heterocycles. The number of rotatable bonds is 0. The van der Waals surface area contributed by atoms with Crippen LogP contribution in [0.4, 0.5) is 0 Å². The van der Waals surface area contributed by atoms with Crippen LogP contribution < -0.4 is 10.2 Å². The van der Waals surface area contributed by atoms with E-state index in [1.807, 2.05) is 18.2 Å². The first-order valence-electron chi connectivity index (χ1n) is 7.42. The molecule has 0 fully saturated rings. The van der Waals surface area contributed by atoms with Crippen LogP contribution in [-0.2, 0) is 26.4 Å². The van der Waals surface area contributed by atoms with Gasteiger partial charge in [-0.15, -0.1) is 12.0 Å². The van der Waals surface area contributed by atoms with E-state index in [0.29, 0.717) is 0 Å². The molecule has 2 aromatic rings. The van der Waals surface area contributed by atoms with Crippen molar-refractivity contribution >= 4 is 4.82 Å². The summed E-state index contributed by atoms with van der Waals surface area (Å²) in [5, 5.41) is 16.5. The minimum absolute atomic E-state index is 0.750. The molecule has 2 aliphatic carbocycles. The number of fused-ring (bicyclic) bond motifs is 3. The van der Waals surface area contributed by atoms with E-state index in [2.05, 4.69) is 59.4 Å². The summed E-state index contributed by atoms with van der Waals surface area (Å²) in [7, 11) is 1.50. The zero-order chi connectivity index (χ0) is 18.2. The molecular weight excluding hydrogens is 332 g/mol. The molecule has 124 valence electrons. The fraction of sp³-hybridized carbons (Fsp3) is 0.190. The fourth-order valence-electron chi connectivity index (χ4n) is 2.34. The average Bonchev–Trinajstić information content (AvgIpc) is 3.38. The van der Waals surface area contributed by atoms with E-state index < -0.39 is 0 Å². The van der Waals surface area contributed by atoms with E-state index in [0.717, 1.165) is 27.1 Å². The molecule has 2 aromatic carbocycles. The van der Waals surface area contributed by atoms with Gasteiger partial charge in [0, 0.05) is 0 Å². The molecule has 0 N–H and O–H groups in total. The molecule has 2 aliphatic rings. The molecule has 0 heterocycles. The van der Waals surface area contributed by atoms with Gasteiger partial charge in [-0.25, -0.2) is 12.2 Å². The monoisotopic (exact) mass is 354 g/mol. The third-order valence-corrected chi connectivity index (χ3v) is 3.20. The predicted molar refractivity (Wildman–Crippen MR) is 94.1 cm³/mol. The van der Waals surface area contributed by atoms with E-state index in [-0.39, 0.29) is 0 Å². The van der Waals surface area contributed by atoms with Crippen LogP contribution in [0.3, 0.4) is 0 Å². The SMILES string of the molecule is C[O-].C[O-].[C-]1=CC=CC1.[CH2]=[Ti+2].[c-]1cccc2c1Cc1ccccc1-2. The molecule has 0 bridgehead atoms.